The standard InChI is InChI=1S/C23H28N6O3/c1-3-29-22-19(13-26-29)20(28-17-8-10-32-11-9-17)18(14(2)27-22)12-25-23(31)16-6-4-15(5-7-16)21(24)30/h4-7,13,17H,3,8-12H2,1-2H3,(H2,24,30)(H,25,31)(H,27,28). The first kappa shape index (κ1) is 21.8. The number of nitrogens with zero attached hydrogens (tertiary/aromatic N) is 3. The van der Waals surface area contributed by atoms with Crippen molar-refractivity contribution in [1.82, 2.24) is 20.1 Å². The second-order valence-corrected chi connectivity index (χ2v) is 7.90. The van der Waals surface area contributed by atoms with E-state index in [2.05, 4.69) is 15.7 Å². The Bertz CT molecular complexity index is 1130. The first-order chi connectivity index (χ1) is 15.5. The maximum Gasteiger partial charge on any atom is 0.251 e. The Balaban J connectivity index is 1.61. The van der Waals surface area contributed by atoms with Crippen LogP contribution in [0.1, 0.15) is 51.7 Å². The Kier molecular flexibility index (Phi) is 6.36. The number of benzene rings is 1. The van der Waals surface area contributed by atoms with Crippen LogP contribution < -0.4 is 16.4 Å². The lowest BCUT2D eigenvalue weighted by molar-refractivity contribution is 0.0904. The molecule has 168 valence electrons. The summed E-state index contributed by atoms with van der Waals surface area (Å²) in [6.45, 7) is 6.48. The Morgan fingerprint density at radius 3 is 2.53 bits per heavy atom. The number of primary amides is 1. The summed E-state index contributed by atoms with van der Waals surface area (Å²) in [6, 6.07) is 6.57. The highest BCUT2D eigenvalue weighted by Gasteiger charge is 2.21. The van der Waals surface area contributed by atoms with Crippen molar-refractivity contribution in [2.75, 3.05) is 18.5 Å². The molecule has 3 heterocycles. The molecule has 2 amide bonds. The first-order valence-electron chi connectivity index (χ1n) is 10.8. The van der Waals surface area contributed by atoms with Gasteiger partial charge in [-0.15, -0.1) is 0 Å². The van der Waals surface area contributed by atoms with Crippen LogP contribution in [0.2, 0.25) is 0 Å². The highest BCUT2D eigenvalue weighted by molar-refractivity contribution is 5.97. The van der Waals surface area contributed by atoms with Gasteiger partial charge in [-0.1, -0.05) is 0 Å². The number of hydrogen-bond donors (Lipinski definition) is 3. The lowest BCUT2D eigenvalue weighted by Crippen LogP contribution is -2.30. The number of rotatable bonds is 7. The number of carbonyl (C=O) groups is 2. The predicted molar refractivity (Wildman–Crippen MR) is 122 cm³/mol. The van der Waals surface area contributed by atoms with Crippen LogP contribution in [0.5, 0.6) is 0 Å². The molecule has 1 fully saturated rings. The molecule has 2 aromatic heterocycles. The molecule has 0 radical (unpaired) electrons. The van der Waals surface area contributed by atoms with Crippen LogP contribution in [0.15, 0.2) is 30.5 Å². The van der Waals surface area contributed by atoms with Gasteiger partial charge in [-0.25, -0.2) is 9.67 Å². The normalized spacial score (nSPS) is 14.4. The van der Waals surface area contributed by atoms with Crippen molar-refractivity contribution in [3.63, 3.8) is 0 Å². The minimum absolute atomic E-state index is 0.234. The van der Waals surface area contributed by atoms with Crippen LogP contribution in [-0.4, -0.2) is 45.8 Å². The van der Waals surface area contributed by atoms with Gasteiger partial charge in [0.25, 0.3) is 5.91 Å². The molecule has 9 nitrogen and oxygen atoms in total. The quantitative estimate of drug-likeness (QED) is 0.522. The minimum Gasteiger partial charge on any atom is -0.381 e. The number of ether oxygens (including phenoxy) is 1. The number of amides is 2. The number of aromatic nitrogens is 3. The molecule has 1 saturated heterocycles. The Morgan fingerprint density at radius 1 is 1.19 bits per heavy atom. The van der Waals surface area contributed by atoms with E-state index in [1.165, 1.54) is 0 Å². The molecule has 1 aliphatic rings. The summed E-state index contributed by atoms with van der Waals surface area (Å²) in [5.74, 6) is -0.759. The second kappa shape index (κ2) is 9.35. The Morgan fingerprint density at radius 2 is 1.88 bits per heavy atom. The zero-order valence-electron chi connectivity index (χ0n) is 18.4. The highest BCUT2D eigenvalue weighted by atomic mass is 16.5. The van der Waals surface area contributed by atoms with Crippen LogP contribution in [0.4, 0.5) is 5.69 Å². The Labute approximate surface area is 186 Å². The summed E-state index contributed by atoms with van der Waals surface area (Å²) in [5.41, 5.74) is 9.66. The highest BCUT2D eigenvalue weighted by Crippen LogP contribution is 2.30. The van der Waals surface area contributed by atoms with Crippen molar-refractivity contribution in [3.8, 4) is 0 Å². The van der Waals surface area contributed by atoms with Crippen LogP contribution in [0, 0.1) is 6.92 Å². The summed E-state index contributed by atoms with van der Waals surface area (Å²) in [7, 11) is 0. The van der Waals surface area contributed by atoms with E-state index in [-0.39, 0.29) is 11.9 Å². The SMILES string of the molecule is CCn1ncc2c(NC3CCOCC3)c(CNC(=O)c3ccc(C(N)=O)cc3)c(C)nc21. The van der Waals surface area contributed by atoms with Gasteiger partial charge in [-0.3, -0.25) is 9.59 Å². The van der Waals surface area contributed by atoms with E-state index in [1.807, 2.05) is 24.7 Å². The average molecular weight is 437 g/mol. The van der Waals surface area contributed by atoms with E-state index in [0.717, 1.165) is 60.6 Å². The monoisotopic (exact) mass is 436 g/mol. The zero-order chi connectivity index (χ0) is 22.7. The number of hydrogen-bond acceptors (Lipinski definition) is 6. The maximum absolute atomic E-state index is 12.7. The number of aryl methyl sites for hydroxylation is 2. The van der Waals surface area contributed by atoms with E-state index in [9.17, 15) is 9.59 Å². The zero-order valence-corrected chi connectivity index (χ0v) is 18.4. The van der Waals surface area contributed by atoms with Crippen molar-refractivity contribution in [3.05, 3.63) is 52.8 Å². The third-order valence-electron chi connectivity index (χ3n) is 5.82. The van der Waals surface area contributed by atoms with Crippen LogP contribution in [0.3, 0.4) is 0 Å². The molecule has 3 aromatic rings. The lowest BCUT2D eigenvalue weighted by atomic mass is 10.0. The molecule has 0 atom stereocenters. The lowest BCUT2D eigenvalue weighted by Gasteiger charge is -2.26. The molecular weight excluding hydrogens is 408 g/mol. The van der Waals surface area contributed by atoms with E-state index in [4.69, 9.17) is 15.5 Å². The van der Waals surface area contributed by atoms with Gasteiger partial charge in [0.15, 0.2) is 5.65 Å². The molecular formula is C23H28N6O3. The maximum atomic E-state index is 12.7. The van der Waals surface area contributed by atoms with Gasteiger partial charge in [0.2, 0.25) is 5.91 Å². The summed E-state index contributed by atoms with van der Waals surface area (Å²) >= 11 is 0. The molecule has 0 bridgehead atoms. The molecule has 32 heavy (non-hydrogen) atoms. The molecule has 1 aliphatic heterocycles. The smallest absolute Gasteiger partial charge is 0.251 e. The van der Waals surface area contributed by atoms with Gasteiger partial charge in [0, 0.05) is 54.7 Å². The van der Waals surface area contributed by atoms with Gasteiger partial charge in [-0.2, -0.15) is 5.10 Å². The number of nitrogens with two attached hydrogens (primary N) is 1. The van der Waals surface area contributed by atoms with E-state index in [1.54, 1.807) is 24.3 Å². The third-order valence-corrected chi connectivity index (χ3v) is 5.82. The van der Waals surface area contributed by atoms with Gasteiger partial charge in [0.05, 0.1) is 17.3 Å². The molecule has 0 aliphatic carbocycles. The molecule has 1 aromatic carbocycles. The average Bonchev–Trinajstić information content (AvgIpc) is 3.21. The predicted octanol–water partition coefficient (Wildman–Crippen LogP) is 2.38. The minimum atomic E-state index is -0.525. The van der Waals surface area contributed by atoms with Crippen LogP contribution in [0.25, 0.3) is 11.0 Å². The fourth-order valence-corrected chi connectivity index (χ4v) is 3.96. The van der Waals surface area contributed by atoms with Crippen molar-refractivity contribution in [2.24, 2.45) is 5.73 Å². The van der Waals surface area contributed by atoms with Crippen LogP contribution in [-0.2, 0) is 17.8 Å². The van der Waals surface area contributed by atoms with Gasteiger partial charge in [-0.05, 0) is 51.0 Å². The first-order valence-corrected chi connectivity index (χ1v) is 10.8. The van der Waals surface area contributed by atoms with Gasteiger partial charge in [0.1, 0.15) is 0 Å². The van der Waals surface area contributed by atoms with Gasteiger partial charge >= 0.3 is 0 Å². The van der Waals surface area contributed by atoms with E-state index >= 15 is 0 Å². The fourth-order valence-electron chi connectivity index (χ4n) is 3.96. The molecule has 4 rings (SSSR count). The van der Waals surface area contributed by atoms with Crippen molar-refractivity contribution in [2.45, 2.75) is 45.8 Å². The molecule has 9 heteroatoms. The van der Waals surface area contributed by atoms with Crippen molar-refractivity contribution in [1.29, 1.82) is 0 Å². The molecule has 0 unspecified atom stereocenters. The largest absolute Gasteiger partial charge is 0.381 e. The summed E-state index contributed by atoms with van der Waals surface area (Å²) in [4.78, 5) is 28.8. The number of nitrogens with one attached hydrogen (secondary N) is 2. The van der Waals surface area contributed by atoms with E-state index in [0.29, 0.717) is 17.7 Å². The summed E-state index contributed by atoms with van der Waals surface area (Å²) < 4.78 is 7.37. The second-order valence-electron chi connectivity index (χ2n) is 7.90. The van der Waals surface area contributed by atoms with Crippen molar-refractivity contribution >= 4 is 28.5 Å². The van der Waals surface area contributed by atoms with E-state index < -0.39 is 5.91 Å². The Hall–Kier alpha value is -3.46. The summed E-state index contributed by atoms with van der Waals surface area (Å²) in [5, 5.41) is 12.1. The summed E-state index contributed by atoms with van der Waals surface area (Å²) in [6.07, 6.45) is 3.67. The number of pyridine rings is 1. The third kappa shape index (κ3) is 4.43. The molecule has 0 saturated carbocycles. The number of carbonyl (C=O) groups excluding carboxylic acids is 2. The van der Waals surface area contributed by atoms with Gasteiger partial charge < -0.3 is 21.1 Å². The topological polar surface area (TPSA) is 124 Å². The number of fused-ring (bicyclic) bond motifs is 1. The molecule has 0 spiro atoms. The number of anilines is 1. The van der Waals surface area contributed by atoms with Crippen molar-refractivity contribution < 1.29 is 14.3 Å². The molecule has 4 N–H and O–H groups in total. The van der Waals surface area contributed by atoms with Crippen LogP contribution >= 0.6 is 0 Å². The fraction of sp³-hybridized carbons (Fsp3) is 0.391.